The summed E-state index contributed by atoms with van der Waals surface area (Å²) in [5.74, 6) is 1.07. The van der Waals surface area contributed by atoms with Gasteiger partial charge in [-0.25, -0.2) is 19.0 Å². The van der Waals surface area contributed by atoms with Gasteiger partial charge in [-0.1, -0.05) is 6.07 Å². The molecule has 0 fully saturated rings. The second kappa shape index (κ2) is 6.45. The number of pyridine rings is 2. The van der Waals surface area contributed by atoms with Crippen molar-refractivity contribution in [2.75, 3.05) is 11.9 Å². The van der Waals surface area contributed by atoms with E-state index in [1.165, 1.54) is 10.9 Å². The molecule has 0 spiro atoms. The van der Waals surface area contributed by atoms with Crippen LogP contribution in [-0.2, 0) is 0 Å². The number of aromatic nitrogens is 4. The van der Waals surface area contributed by atoms with Crippen LogP contribution in [-0.4, -0.2) is 26.8 Å². The molecule has 0 saturated heterocycles. The van der Waals surface area contributed by atoms with Crippen LogP contribution in [0.4, 0.5) is 10.2 Å². The highest BCUT2D eigenvalue weighted by atomic mass is 79.9. The summed E-state index contributed by atoms with van der Waals surface area (Å²) in [5.41, 5.74) is 1.04. The van der Waals surface area contributed by atoms with Gasteiger partial charge in [0.2, 0.25) is 0 Å². The lowest BCUT2D eigenvalue weighted by Crippen LogP contribution is -2.22. The van der Waals surface area contributed by atoms with Crippen molar-refractivity contribution in [2.45, 2.75) is 13.0 Å². The molecule has 3 rings (SSSR count). The maximum absolute atomic E-state index is 13.0. The van der Waals surface area contributed by atoms with Crippen molar-refractivity contribution in [1.82, 2.24) is 19.7 Å². The maximum atomic E-state index is 13.0. The van der Waals surface area contributed by atoms with Crippen molar-refractivity contribution in [3.8, 4) is 5.82 Å². The van der Waals surface area contributed by atoms with Crippen molar-refractivity contribution >= 4 is 21.7 Å². The molecule has 118 valence electrons. The predicted molar refractivity (Wildman–Crippen MR) is 90.1 cm³/mol. The van der Waals surface area contributed by atoms with Crippen LogP contribution in [0.15, 0.2) is 53.5 Å². The first-order chi connectivity index (χ1) is 11.0. The first-order valence-electron chi connectivity index (χ1n) is 7.05. The molecule has 0 amide bonds. The van der Waals surface area contributed by atoms with Gasteiger partial charge >= 0.3 is 0 Å². The van der Waals surface area contributed by atoms with Gasteiger partial charge in [-0.05, 0) is 46.6 Å². The summed E-state index contributed by atoms with van der Waals surface area (Å²) in [5, 5.41) is 3.91. The summed E-state index contributed by atoms with van der Waals surface area (Å²) in [6, 6.07) is 7.79. The average molecular weight is 376 g/mol. The number of hydrogen-bond acceptors (Lipinski definition) is 4. The molecule has 0 N–H and O–H groups in total. The van der Waals surface area contributed by atoms with E-state index >= 15 is 0 Å². The Morgan fingerprint density at radius 1 is 1.13 bits per heavy atom. The van der Waals surface area contributed by atoms with Gasteiger partial charge in [0.05, 0.1) is 18.4 Å². The minimum absolute atomic E-state index is 0.0968. The molecule has 3 aromatic heterocycles. The van der Waals surface area contributed by atoms with E-state index in [0.717, 1.165) is 22.1 Å². The number of nitrogens with zero attached hydrogens (tertiary/aromatic N) is 5. The van der Waals surface area contributed by atoms with E-state index in [-0.39, 0.29) is 11.9 Å². The Labute approximate surface area is 141 Å². The zero-order chi connectivity index (χ0) is 16.4. The molecule has 23 heavy (non-hydrogen) atoms. The lowest BCUT2D eigenvalue weighted by atomic mass is 10.1. The zero-order valence-electron chi connectivity index (χ0n) is 12.7. The molecular formula is C16H15BrFN5. The van der Waals surface area contributed by atoms with E-state index in [4.69, 9.17) is 0 Å². The summed E-state index contributed by atoms with van der Waals surface area (Å²) in [4.78, 5) is 10.8. The third-order valence-corrected chi connectivity index (χ3v) is 4.16. The van der Waals surface area contributed by atoms with Crippen LogP contribution in [0.1, 0.15) is 18.5 Å². The quantitative estimate of drug-likeness (QED) is 0.696. The van der Waals surface area contributed by atoms with E-state index in [0.29, 0.717) is 5.82 Å². The second-order valence-electron chi connectivity index (χ2n) is 5.17. The third-order valence-electron chi connectivity index (χ3n) is 3.69. The topological polar surface area (TPSA) is 46.8 Å². The van der Waals surface area contributed by atoms with Crippen LogP contribution in [0, 0.1) is 5.82 Å². The molecule has 0 aromatic carbocycles. The van der Waals surface area contributed by atoms with Crippen LogP contribution < -0.4 is 4.90 Å². The number of rotatable bonds is 4. The largest absolute Gasteiger partial charge is 0.353 e. The molecule has 0 aliphatic heterocycles. The van der Waals surface area contributed by atoms with Gasteiger partial charge in [-0.2, -0.15) is 5.10 Å². The molecule has 7 heteroatoms. The van der Waals surface area contributed by atoms with Crippen molar-refractivity contribution in [3.05, 3.63) is 64.9 Å². The standard InChI is InChI=1S/C16H15BrFN5/c1-11(22(2)15-6-4-13(17)8-20-15)12-3-5-16(19-7-12)23-10-14(18)9-21-23/h3-11H,1-2H3. The van der Waals surface area contributed by atoms with Crippen LogP contribution in [0.25, 0.3) is 5.82 Å². The minimum Gasteiger partial charge on any atom is -0.353 e. The Morgan fingerprint density at radius 2 is 1.96 bits per heavy atom. The lowest BCUT2D eigenvalue weighted by molar-refractivity contribution is 0.627. The van der Waals surface area contributed by atoms with Gasteiger partial charge in [-0.15, -0.1) is 0 Å². The van der Waals surface area contributed by atoms with Gasteiger partial charge in [0, 0.05) is 23.9 Å². The fourth-order valence-electron chi connectivity index (χ4n) is 2.20. The van der Waals surface area contributed by atoms with E-state index < -0.39 is 0 Å². The van der Waals surface area contributed by atoms with Crippen molar-refractivity contribution in [3.63, 3.8) is 0 Å². The van der Waals surface area contributed by atoms with Crippen molar-refractivity contribution < 1.29 is 4.39 Å². The molecule has 0 radical (unpaired) electrons. The molecule has 0 aliphatic carbocycles. The van der Waals surface area contributed by atoms with Crippen LogP contribution in [0.3, 0.4) is 0 Å². The van der Waals surface area contributed by atoms with E-state index in [1.807, 2.05) is 31.3 Å². The Kier molecular flexibility index (Phi) is 4.38. The molecule has 0 aliphatic rings. The monoisotopic (exact) mass is 375 g/mol. The van der Waals surface area contributed by atoms with Crippen LogP contribution in [0.2, 0.25) is 0 Å². The molecule has 3 heterocycles. The normalized spacial score (nSPS) is 12.2. The fourth-order valence-corrected chi connectivity index (χ4v) is 2.44. The first kappa shape index (κ1) is 15.6. The SMILES string of the molecule is CC(c1ccc(-n2cc(F)cn2)nc1)N(C)c1ccc(Br)cn1. The molecule has 5 nitrogen and oxygen atoms in total. The first-order valence-corrected chi connectivity index (χ1v) is 7.85. The van der Waals surface area contributed by atoms with E-state index in [1.54, 1.807) is 12.4 Å². The van der Waals surface area contributed by atoms with Crippen molar-refractivity contribution in [1.29, 1.82) is 0 Å². The van der Waals surface area contributed by atoms with Gasteiger partial charge < -0.3 is 4.90 Å². The number of hydrogen-bond donors (Lipinski definition) is 0. The van der Waals surface area contributed by atoms with E-state index in [2.05, 4.69) is 42.8 Å². The van der Waals surface area contributed by atoms with Crippen LogP contribution >= 0.6 is 15.9 Å². The summed E-state index contributed by atoms with van der Waals surface area (Å²) in [6.45, 7) is 2.08. The van der Waals surface area contributed by atoms with Crippen LogP contribution in [0.5, 0.6) is 0 Å². The number of anilines is 1. The van der Waals surface area contributed by atoms with Crippen molar-refractivity contribution in [2.24, 2.45) is 0 Å². The summed E-state index contributed by atoms with van der Waals surface area (Å²) < 4.78 is 15.4. The highest BCUT2D eigenvalue weighted by Crippen LogP contribution is 2.24. The summed E-state index contributed by atoms with van der Waals surface area (Å²) in [6.07, 6.45) is 6.00. The zero-order valence-corrected chi connectivity index (χ0v) is 14.3. The van der Waals surface area contributed by atoms with Gasteiger partial charge in [0.1, 0.15) is 5.82 Å². The molecular weight excluding hydrogens is 361 g/mol. The predicted octanol–water partition coefficient (Wildman–Crippen LogP) is 3.76. The Balaban J connectivity index is 1.79. The third kappa shape index (κ3) is 3.39. The molecule has 0 saturated carbocycles. The second-order valence-corrected chi connectivity index (χ2v) is 6.09. The highest BCUT2D eigenvalue weighted by Gasteiger charge is 2.14. The Morgan fingerprint density at radius 3 is 2.52 bits per heavy atom. The molecule has 0 bridgehead atoms. The lowest BCUT2D eigenvalue weighted by Gasteiger charge is -2.26. The number of halogens is 2. The summed E-state index contributed by atoms with van der Waals surface area (Å²) in [7, 11) is 1.98. The minimum atomic E-state index is -0.384. The fraction of sp³-hybridized carbons (Fsp3) is 0.188. The van der Waals surface area contributed by atoms with Gasteiger partial charge in [-0.3, -0.25) is 0 Å². The van der Waals surface area contributed by atoms with E-state index in [9.17, 15) is 4.39 Å². The molecule has 3 aromatic rings. The smallest absolute Gasteiger partial charge is 0.161 e. The van der Waals surface area contributed by atoms with Gasteiger partial charge in [0.25, 0.3) is 0 Å². The molecule has 1 unspecified atom stereocenters. The maximum Gasteiger partial charge on any atom is 0.161 e. The Bertz CT molecular complexity index is 785. The summed E-state index contributed by atoms with van der Waals surface area (Å²) >= 11 is 3.38. The average Bonchev–Trinajstić information content (AvgIpc) is 3.01. The molecule has 1 atom stereocenters. The Hall–Kier alpha value is -2.28. The van der Waals surface area contributed by atoms with Gasteiger partial charge in [0.15, 0.2) is 11.6 Å². The highest BCUT2D eigenvalue weighted by molar-refractivity contribution is 9.10.